The first-order valence-electron chi connectivity index (χ1n) is 8.82. The number of benzene rings is 1. The van der Waals surface area contributed by atoms with E-state index in [1.165, 1.54) is 7.11 Å². The lowest BCUT2D eigenvalue weighted by Gasteiger charge is -2.11. The van der Waals surface area contributed by atoms with Crippen LogP contribution in [0.3, 0.4) is 0 Å². The van der Waals surface area contributed by atoms with Crippen molar-refractivity contribution in [3.05, 3.63) is 40.7 Å². The van der Waals surface area contributed by atoms with Crippen molar-refractivity contribution in [3.8, 4) is 11.5 Å². The zero-order chi connectivity index (χ0) is 20.9. The van der Waals surface area contributed by atoms with Gasteiger partial charge in [0.2, 0.25) is 10.0 Å². The summed E-state index contributed by atoms with van der Waals surface area (Å²) in [5.74, 6) is 0.513. The van der Waals surface area contributed by atoms with E-state index in [1.54, 1.807) is 40.0 Å². The van der Waals surface area contributed by atoms with Crippen molar-refractivity contribution in [2.24, 2.45) is 0 Å². The fraction of sp³-hybridized carbons (Fsp3) is 0.421. The van der Waals surface area contributed by atoms with Gasteiger partial charge in [-0.3, -0.25) is 0 Å². The number of aromatic nitrogens is 1. The molecule has 0 aliphatic carbocycles. The lowest BCUT2D eigenvalue weighted by atomic mass is 10.1. The van der Waals surface area contributed by atoms with Crippen molar-refractivity contribution in [2.45, 2.75) is 32.1 Å². The summed E-state index contributed by atoms with van der Waals surface area (Å²) in [7, 11) is -0.811. The van der Waals surface area contributed by atoms with Gasteiger partial charge < -0.3 is 19.2 Å². The van der Waals surface area contributed by atoms with Crippen LogP contribution in [0.2, 0.25) is 0 Å². The molecule has 0 aliphatic rings. The Hall–Kier alpha value is -2.52. The van der Waals surface area contributed by atoms with E-state index < -0.39 is 16.0 Å². The molecule has 0 aliphatic heterocycles. The van der Waals surface area contributed by atoms with Crippen molar-refractivity contribution in [1.29, 1.82) is 0 Å². The second-order valence-corrected chi connectivity index (χ2v) is 7.84. The average Bonchev–Trinajstić information content (AvgIpc) is 2.96. The normalized spacial score (nSPS) is 11.3. The molecule has 0 spiro atoms. The Balaban J connectivity index is 2.18. The standard InChI is InChI=1S/C19H26N2O6S/c1-6-27-19(22)17-12(2)21-13(3)18(17)28(23,24)20-10-9-14-7-8-15(25-4)16(11-14)26-5/h7-8,11,20-21H,6,9-10H2,1-5H3. The van der Waals surface area contributed by atoms with Gasteiger partial charge in [-0.25, -0.2) is 17.9 Å². The number of methoxy groups -OCH3 is 2. The quantitative estimate of drug-likeness (QED) is 0.615. The number of rotatable bonds is 9. The van der Waals surface area contributed by atoms with Gasteiger partial charge in [-0.2, -0.15) is 0 Å². The molecule has 2 rings (SSSR count). The highest BCUT2D eigenvalue weighted by Gasteiger charge is 2.29. The van der Waals surface area contributed by atoms with E-state index in [2.05, 4.69) is 9.71 Å². The van der Waals surface area contributed by atoms with Crippen LogP contribution in [0.1, 0.15) is 34.2 Å². The molecule has 1 aromatic carbocycles. The summed E-state index contributed by atoms with van der Waals surface area (Å²) < 4.78 is 43.7. The van der Waals surface area contributed by atoms with Crippen molar-refractivity contribution >= 4 is 16.0 Å². The summed E-state index contributed by atoms with van der Waals surface area (Å²) >= 11 is 0. The van der Waals surface area contributed by atoms with E-state index in [9.17, 15) is 13.2 Å². The third kappa shape index (κ3) is 4.66. The maximum Gasteiger partial charge on any atom is 0.341 e. The van der Waals surface area contributed by atoms with E-state index in [-0.39, 0.29) is 23.6 Å². The van der Waals surface area contributed by atoms with Crippen molar-refractivity contribution < 1.29 is 27.4 Å². The molecule has 2 N–H and O–H groups in total. The Bertz CT molecular complexity index is 950. The molecule has 2 aromatic rings. The summed E-state index contributed by atoms with van der Waals surface area (Å²) in [5, 5.41) is 0. The summed E-state index contributed by atoms with van der Waals surface area (Å²) in [4.78, 5) is 15.0. The predicted molar refractivity (Wildman–Crippen MR) is 105 cm³/mol. The number of aromatic amines is 1. The van der Waals surface area contributed by atoms with E-state index in [4.69, 9.17) is 14.2 Å². The van der Waals surface area contributed by atoms with Crippen LogP contribution in [-0.4, -0.2) is 46.7 Å². The van der Waals surface area contributed by atoms with Gasteiger partial charge in [0.25, 0.3) is 0 Å². The van der Waals surface area contributed by atoms with Crippen molar-refractivity contribution in [1.82, 2.24) is 9.71 Å². The number of carbonyl (C=O) groups is 1. The minimum absolute atomic E-state index is 0.0398. The van der Waals surface area contributed by atoms with E-state index in [0.29, 0.717) is 29.3 Å². The van der Waals surface area contributed by atoms with Crippen LogP contribution < -0.4 is 14.2 Å². The van der Waals surface area contributed by atoms with E-state index >= 15 is 0 Å². The Labute approximate surface area is 165 Å². The molecule has 0 unspecified atom stereocenters. The van der Waals surface area contributed by atoms with Gasteiger partial charge in [0.05, 0.1) is 20.8 Å². The second kappa shape index (κ2) is 9.11. The number of hydrogen-bond acceptors (Lipinski definition) is 6. The minimum Gasteiger partial charge on any atom is -0.493 e. The molecule has 8 nitrogen and oxygen atoms in total. The molecule has 1 aromatic heterocycles. The third-order valence-electron chi connectivity index (χ3n) is 4.22. The number of sulfonamides is 1. The Morgan fingerprint density at radius 3 is 2.39 bits per heavy atom. The molecular weight excluding hydrogens is 384 g/mol. The van der Waals surface area contributed by atoms with Crippen LogP contribution in [0.25, 0.3) is 0 Å². The summed E-state index contributed by atoms with van der Waals surface area (Å²) in [5.41, 5.74) is 1.77. The molecule has 0 bridgehead atoms. The maximum absolute atomic E-state index is 12.8. The number of nitrogens with one attached hydrogen (secondary N) is 2. The first kappa shape index (κ1) is 21.8. The predicted octanol–water partition coefficient (Wildman–Crippen LogP) is 2.35. The van der Waals surface area contributed by atoms with E-state index in [0.717, 1.165) is 5.56 Å². The Morgan fingerprint density at radius 2 is 1.79 bits per heavy atom. The summed E-state index contributed by atoms with van der Waals surface area (Å²) in [6, 6.07) is 5.40. The molecule has 1 heterocycles. The van der Waals surface area contributed by atoms with Crippen LogP contribution in [0, 0.1) is 13.8 Å². The first-order valence-corrected chi connectivity index (χ1v) is 10.3. The van der Waals surface area contributed by atoms with Gasteiger partial charge in [0.1, 0.15) is 10.5 Å². The summed E-state index contributed by atoms with van der Waals surface area (Å²) in [6.45, 7) is 5.24. The molecule has 0 radical (unpaired) electrons. The molecule has 154 valence electrons. The lowest BCUT2D eigenvalue weighted by molar-refractivity contribution is 0.0521. The highest BCUT2D eigenvalue weighted by molar-refractivity contribution is 7.89. The fourth-order valence-electron chi connectivity index (χ4n) is 2.98. The van der Waals surface area contributed by atoms with Gasteiger partial charge >= 0.3 is 5.97 Å². The monoisotopic (exact) mass is 410 g/mol. The number of esters is 1. The number of ether oxygens (including phenoxy) is 3. The zero-order valence-corrected chi connectivity index (χ0v) is 17.5. The summed E-state index contributed by atoms with van der Waals surface area (Å²) in [6.07, 6.45) is 0.441. The zero-order valence-electron chi connectivity index (χ0n) is 16.7. The number of carbonyl (C=O) groups excluding carboxylic acids is 1. The number of H-pyrrole nitrogens is 1. The molecular formula is C19H26N2O6S. The number of aryl methyl sites for hydroxylation is 2. The molecule has 9 heteroatoms. The highest BCUT2D eigenvalue weighted by Crippen LogP contribution is 2.28. The molecule has 28 heavy (non-hydrogen) atoms. The van der Waals surface area contributed by atoms with Crippen LogP contribution in [0.15, 0.2) is 23.1 Å². The largest absolute Gasteiger partial charge is 0.493 e. The maximum atomic E-state index is 12.8. The third-order valence-corrected chi connectivity index (χ3v) is 5.85. The SMILES string of the molecule is CCOC(=O)c1c(C)[nH]c(C)c1S(=O)(=O)NCCc1ccc(OC)c(OC)c1. The van der Waals surface area contributed by atoms with Crippen molar-refractivity contribution in [3.63, 3.8) is 0 Å². The molecule has 0 saturated heterocycles. The smallest absolute Gasteiger partial charge is 0.341 e. The van der Waals surface area contributed by atoms with Gasteiger partial charge in [-0.1, -0.05) is 6.07 Å². The lowest BCUT2D eigenvalue weighted by Crippen LogP contribution is -2.28. The van der Waals surface area contributed by atoms with E-state index in [1.807, 2.05) is 6.07 Å². The molecule has 0 amide bonds. The van der Waals surface area contributed by atoms with Gasteiger partial charge in [-0.15, -0.1) is 0 Å². The average molecular weight is 410 g/mol. The Kier molecular flexibility index (Phi) is 7.09. The second-order valence-electron chi connectivity index (χ2n) is 6.14. The minimum atomic E-state index is -3.90. The topological polar surface area (TPSA) is 107 Å². The van der Waals surface area contributed by atoms with Crippen molar-refractivity contribution in [2.75, 3.05) is 27.4 Å². The fourth-order valence-corrected chi connectivity index (χ4v) is 4.46. The molecule has 0 saturated carbocycles. The van der Waals surface area contributed by atoms with Gasteiger partial charge in [0, 0.05) is 17.9 Å². The van der Waals surface area contributed by atoms with Crippen LogP contribution in [-0.2, 0) is 21.2 Å². The van der Waals surface area contributed by atoms with Crippen LogP contribution >= 0.6 is 0 Å². The van der Waals surface area contributed by atoms with Crippen LogP contribution in [0.5, 0.6) is 11.5 Å². The molecule has 0 fully saturated rings. The molecule has 0 atom stereocenters. The first-order chi connectivity index (χ1) is 13.2. The van der Waals surface area contributed by atoms with Crippen LogP contribution in [0.4, 0.5) is 0 Å². The Morgan fingerprint density at radius 1 is 1.11 bits per heavy atom. The number of hydrogen-bond donors (Lipinski definition) is 2. The van der Waals surface area contributed by atoms with Gasteiger partial charge in [0.15, 0.2) is 11.5 Å². The highest BCUT2D eigenvalue weighted by atomic mass is 32.2. The van der Waals surface area contributed by atoms with Gasteiger partial charge in [-0.05, 0) is 44.9 Å².